The fourth-order valence-corrected chi connectivity index (χ4v) is 2.45. The van der Waals surface area contributed by atoms with Gasteiger partial charge < -0.3 is 4.90 Å². The molecule has 0 aliphatic rings. The van der Waals surface area contributed by atoms with Crippen molar-refractivity contribution < 1.29 is 4.79 Å². The van der Waals surface area contributed by atoms with Crippen molar-refractivity contribution in [3.05, 3.63) is 27.2 Å². The van der Waals surface area contributed by atoms with Crippen molar-refractivity contribution in [2.24, 2.45) is 7.05 Å². The maximum absolute atomic E-state index is 12.1. The van der Waals surface area contributed by atoms with Crippen LogP contribution in [0.1, 0.15) is 21.2 Å². The number of thiazole rings is 1. The van der Waals surface area contributed by atoms with Crippen molar-refractivity contribution in [2.75, 3.05) is 13.6 Å². The molecule has 2 rings (SSSR count). The lowest BCUT2D eigenvalue weighted by molar-refractivity contribution is 0.0784. The predicted molar refractivity (Wildman–Crippen MR) is 73.5 cm³/mol. The van der Waals surface area contributed by atoms with Gasteiger partial charge in [0, 0.05) is 31.9 Å². The average molecular weight is 300 g/mol. The van der Waals surface area contributed by atoms with E-state index in [1.165, 1.54) is 9.56 Å². The van der Waals surface area contributed by atoms with Gasteiger partial charge in [0.25, 0.3) is 5.91 Å². The molecule has 0 aliphatic carbocycles. The molecule has 0 aliphatic heterocycles. The third kappa shape index (κ3) is 3.10. The molecule has 0 bridgehead atoms. The molecule has 0 saturated carbocycles. The van der Waals surface area contributed by atoms with E-state index in [1.807, 2.05) is 12.4 Å². The number of halogens is 1. The molecule has 0 unspecified atom stereocenters. The third-order valence-electron chi connectivity index (χ3n) is 2.77. The minimum atomic E-state index is -0.232. The van der Waals surface area contributed by atoms with Crippen molar-refractivity contribution >= 4 is 28.8 Å². The zero-order chi connectivity index (χ0) is 14.0. The molecule has 8 heteroatoms. The Morgan fingerprint density at radius 1 is 1.58 bits per heavy atom. The number of amides is 1. The van der Waals surface area contributed by atoms with E-state index >= 15 is 0 Å². The Hall–Kier alpha value is -1.47. The van der Waals surface area contributed by atoms with Crippen LogP contribution in [0.15, 0.2) is 5.51 Å². The molecule has 19 heavy (non-hydrogen) atoms. The summed E-state index contributed by atoms with van der Waals surface area (Å²) in [6.07, 6.45) is 0.777. The highest BCUT2D eigenvalue weighted by Gasteiger charge is 2.18. The summed E-state index contributed by atoms with van der Waals surface area (Å²) < 4.78 is 1.37. The van der Waals surface area contributed by atoms with Crippen LogP contribution in [-0.4, -0.2) is 44.1 Å². The van der Waals surface area contributed by atoms with E-state index in [1.54, 1.807) is 30.3 Å². The Labute approximate surface area is 120 Å². The van der Waals surface area contributed by atoms with Crippen molar-refractivity contribution in [1.82, 2.24) is 24.6 Å². The Morgan fingerprint density at radius 3 is 2.84 bits per heavy atom. The van der Waals surface area contributed by atoms with Crippen LogP contribution in [0.4, 0.5) is 0 Å². The molecule has 0 saturated heterocycles. The SMILES string of the molecule is Cc1ncsc1CCN(C)C(=O)c1nc(Cl)n(C)n1. The van der Waals surface area contributed by atoms with Gasteiger partial charge in [-0.25, -0.2) is 9.67 Å². The van der Waals surface area contributed by atoms with Crippen LogP contribution in [0.5, 0.6) is 0 Å². The number of hydrogen-bond donors (Lipinski definition) is 0. The lowest BCUT2D eigenvalue weighted by Crippen LogP contribution is -2.29. The third-order valence-corrected chi connectivity index (χ3v) is 4.09. The van der Waals surface area contributed by atoms with E-state index in [9.17, 15) is 4.79 Å². The second-order valence-corrected chi connectivity index (χ2v) is 5.44. The normalized spacial score (nSPS) is 10.7. The van der Waals surface area contributed by atoms with Gasteiger partial charge in [-0.2, -0.15) is 4.98 Å². The number of aryl methyl sites for hydroxylation is 2. The van der Waals surface area contributed by atoms with Gasteiger partial charge >= 0.3 is 0 Å². The zero-order valence-electron chi connectivity index (χ0n) is 10.9. The molecule has 102 valence electrons. The molecular weight excluding hydrogens is 286 g/mol. The van der Waals surface area contributed by atoms with Crippen LogP contribution in [0.2, 0.25) is 5.28 Å². The molecular formula is C11H14ClN5OS. The van der Waals surface area contributed by atoms with Crippen molar-refractivity contribution in [3.8, 4) is 0 Å². The second kappa shape index (κ2) is 5.66. The van der Waals surface area contributed by atoms with E-state index in [0.717, 1.165) is 12.1 Å². The highest BCUT2D eigenvalue weighted by atomic mass is 35.5. The van der Waals surface area contributed by atoms with Gasteiger partial charge in [0.2, 0.25) is 11.1 Å². The summed E-state index contributed by atoms with van der Waals surface area (Å²) in [7, 11) is 3.37. The number of nitrogens with zero attached hydrogens (tertiary/aromatic N) is 5. The predicted octanol–water partition coefficient (Wildman–Crippen LogP) is 1.55. The van der Waals surface area contributed by atoms with Crippen molar-refractivity contribution in [3.63, 3.8) is 0 Å². The summed E-state index contributed by atoms with van der Waals surface area (Å²) in [5, 5.41) is 4.17. The first-order valence-electron chi connectivity index (χ1n) is 5.70. The minimum absolute atomic E-state index is 0.121. The van der Waals surface area contributed by atoms with E-state index in [-0.39, 0.29) is 17.0 Å². The molecule has 0 radical (unpaired) electrons. The van der Waals surface area contributed by atoms with Crippen LogP contribution in [-0.2, 0) is 13.5 Å². The Morgan fingerprint density at radius 2 is 2.32 bits per heavy atom. The number of rotatable bonds is 4. The van der Waals surface area contributed by atoms with Gasteiger partial charge in [-0.05, 0) is 18.5 Å². The smallest absolute Gasteiger partial charge is 0.293 e. The quantitative estimate of drug-likeness (QED) is 0.859. The topological polar surface area (TPSA) is 63.9 Å². The number of carbonyl (C=O) groups excluding carboxylic acids is 1. The average Bonchev–Trinajstić information content (AvgIpc) is 2.93. The first kappa shape index (κ1) is 14.0. The lowest BCUT2D eigenvalue weighted by Gasteiger charge is -2.14. The van der Waals surface area contributed by atoms with E-state index < -0.39 is 0 Å². The number of carbonyl (C=O) groups is 1. The standard InChI is InChI=1S/C11H14ClN5OS/c1-7-8(19-6-13-7)4-5-16(2)10(18)9-14-11(12)17(3)15-9/h6H,4-5H2,1-3H3. The molecule has 6 nitrogen and oxygen atoms in total. The summed E-state index contributed by atoms with van der Waals surface area (Å²) in [6.45, 7) is 2.56. The molecule has 2 aromatic heterocycles. The van der Waals surface area contributed by atoms with E-state index in [4.69, 9.17) is 11.6 Å². The van der Waals surface area contributed by atoms with Gasteiger partial charge in [-0.3, -0.25) is 4.79 Å². The van der Waals surface area contributed by atoms with Crippen molar-refractivity contribution in [2.45, 2.75) is 13.3 Å². The maximum Gasteiger partial charge on any atom is 0.293 e. The number of aromatic nitrogens is 4. The van der Waals surface area contributed by atoms with Crippen LogP contribution >= 0.6 is 22.9 Å². The minimum Gasteiger partial charge on any atom is -0.339 e. The van der Waals surface area contributed by atoms with Crippen LogP contribution in [0.25, 0.3) is 0 Å². The Kier molecular flexibility index (Phi) is 4.16. The molecule has 0 fully saturated rings. The monoisotopic (exact) mass is 299 g/mol. The molecule has 1 amide bonds. The van der Waals surface area contributed by atoms with Gasteiger partial charge in [0.15, 0.2) is 0 Å². The molecule has 2 heterocycles. The summed E-state index contributed by atoms with van der Waals surface area (Å²) in [5.41, 5.74) is 2.83. The molecule has 0 spiro atoms. The number of likely N-dealkylation sites (N-methyl/N-ethyl adjacent to an activating group) is 1. The molecule has 0 aromatic carbocycles. The largest absolute Gasteiger partial charge is 0.339 e. The van der Waals surface area contributed by atoms with Crippen LogP contribution in [0.3, 0.4) is 0 Å². The number of hydrogen-bond acceptors (Lipinski definition) is 5. The summed E-state index contributed by atoms with van der Waals surface area (Å²) in [4.78, 5) is 22.9. The Balaban J connectivity index is 1.98. The first-order valence-corrected chi connectivity index (χ1v) is 6.95. The van der Waals surface area contributed by atoms with Gasteiger partial charge in [-0.1, -0.05) is 0 Å². The summed E-state index contributed by atoms with van der Waals surface area (Å²) >= 11 is 7.37. The molecule has 0 N–H and O–H groups in total. The summed E-state index contributed by atoms with van der Waals surface area (Å²) in [6, 6.07) is 0. The lowest BCUT2D eigenvalue weighted by atomic mass is 10.3. The molecule has 0 atom stereocenters. The van der Waals surface area contributed by atoms with Gasteiger partial charge in [-0.15, -0.1) is 16.4 Å². The van der Waals surface area contributed by atoms with E-state index in [0.29, 0.717) is 6.54 Å². The van der Waals surface area contributed by atoms with Crippen LogP contribution < -0.4 is 0 Å². The van der Waals surface area contributed by atoms with Gasteiger partial charge in [0.05, 0.1) is 11.2 Å². The maximum atomic E-state index is 12.1. The zero-order valence-corrected chi connectivity index (χ0v) is 12.5. The van der Waals surface area contributed by atoms with Crippen LogP contribution in [0, 0.1) is 6.92 Å². The first-order chi connectivity index (χ1) is 8.99. The van der Waals surface area contributed by atoms with Gasteiger partial charge in [0.1, 0.15) is 0 Å². The summed E-state index contributed by atoms with van der Waals surface area (Å²) in [5.74, 6) is -0.110. The highest BCUT2D eigenvalue weighted by molar-refractivity contribution is 7.09. The van der Waals surface area contributed by atoms with Crippen molar-refractivity contribution in [1.29, 1.82) is 0 Å². The fourth-order valence-electron chi connectivity index (χ4n) is 1.56. The second-order valence-electron chi connectivity index (χ2n) is 4.17. The highest BCUT2D eigenvalue weighted by Crippen LogP contribution is 2.13. The molecule has 2 aromatic rings. The van der Waals surface area contributed by atoms with E-state index in [2.05, 4.69) is 15.1 Å². The fraction of sp³-hybridized carbons (Fsp3) is 0.455. The Bertz CT molecular complexity index is 574.